The third-order valence-electron chi connectivity index (χ3n) is 5.52. The molecule has 0 aliphatic carbocycles. The van der Waals surface area contributed by atoms with Gasteiger partial charge in [0.05, 0.1) is 16.6 Å². The van der Waals surface area contributed by atoms with Crippen molar-refractivity contribution in [3.05, 3.63) is 53.9 Å². The number of fused-ring (bicyclic) bond motifs is 2. The van der Waals surface area contributed by atoms with Gasteiger partial charge in [-0.3, -0.25) is 0 Å². The predicted molar refractivity (Wildman–Crippen MR) is 114 cm³/mol. The van der Waals surface area contributed by atoms with Crippen molar-refractivity contribution < 1.29 is 13.2 Å². The van der Waals surface area contributed by atoms with Gasteiger partial charge in [-0.05, 0) is 56.4 Å². The molecular formula is C22H25F3N6. The van der Waals surface area contributed by atoms with Crippen molar-refractivity contribution in [2.24, 2.45) is 0 Å². The number of imidazole rings is 1. The van der Waals surface area contributed by atoms with E-state index in [0.717, 1.165) is 49.2 Å². The minimum Gasteiger partial charge on any atom is -0.326 e. The molecule has 4 rings (SSSR count). The van der Waals surface area contributed by atoms with E-state index in [1.54, 1.807) is 4.80 Å². The van der Waals surface area contributed by atoms with Crippen molar-refractivity contribution in [1.29, 1.82) is 0 Å². The first-order valence-corrected chi connectivity index (χ1v) is 10.5. The molecule has 6 nitrogen and oxygen atoms in total. The second kappa shape index (κ2) is 8.66. The van der Waals surface area contributed by atoms with Gasteiger partial charge in [0.15, 0.2) is 0 Å². The lowest BCUT2D eigenvalue weighted by atomic mass is 10.2. The number of nitrogens with zero attached hydrogens (tertiary/aromatic N) is 6. The van der Waals surface area contributed by atoms with Crippen LogP contribution in [0.25, 0.3) is 22.1 Å². The largest absolute Gasteiger partial charge is 0.416 e. The van der Waals surface area contributed by atoms with Gasteiger partial charge in [0.25, 0.3) is 0 Å². The molecule has 0 spiro atoms. The number of alkyl halides is 3. The first-order valence-electron chi connectivity index (χ1n) is 10.5. The fourth-order valence-electron chi connectivity index (χ4n) is 3.82. The molecule has 0 bridgehead atoms. The van der Waals surface area contributed by atoms with Crippen LogP contribution in [0.4, 0.5) is 13.2 Å². The first-order chi connectivity index (χ1) is 14.9. The zero-order valence-corrected chi connectivity index (χ0v) is 17.6. The van der Waals surface area contributed by atoms with Crippen LogP contribution in [0.3, 0.4) is 0 Å². The fourth-order valence-corrected chi connectivity index (χ4v) is 3.82. The van der Waals surface area contributed by atoms with E-state index in [2.05, 4.69) is 33.9 Å². The number of aryl methyl sites for hydroxylation is 1. The van der Waals surface area contributed by atoms with Crippen molar-refractivity contribution in [2.45, 2.75) is 39.5 Å². The first kappa shape index (κ1) is 21.3. The lowest BCUT2D eigenvalue weighted by Crippen LogP contribution is -2.25. The summed E-state index contributed by atoms with van der Waals surface area (Å²) in [4.78, 5) is 8.41. The van der Waals surface area contributed by atoms with Crippen LogP contribution in [0, 0.1) is 0 Å². The molecule has 0 amide bonds. The minimum absolute atomic E-state index is 0.288. The van der Waals surface area contributed by atoms with Gasteiger partial charge >= 0.3 is 6.18 Å². The number of halogens is 3. The highest BCUT2D eigenvalue weighted by molar-refractivity contribution is 5.77. The summed E-state index contributed by atoms with van der Waals surface area (Å²) in [5, 5.41) is 8.95. The average molecular weight is 430 g/mol. The van der Waals surface area contributed by atoms with Crippen LogP contribution in [0.2, 0.25) is 0 Å². The standard InChI is InChI=1S/C22H25F3N6/c1-3-29(4-2)12-7-13-30-20-11-10-16(22(23,24)25)14-19(20)26-21(30)15-31-27-17-8-5-6-9-18(17)28-31/h5-6,8-11,14H,3-4,7,12-13,15H2,1-2H3. The van der Waals surface area contributed by atoms with Gasteiger partial charge < -0.3 is 9.47 Å². The van der Waals surface area contributed by atoms with Crippen molar-refractivity contribution >= 4 is 22.1 Å². The summed E-state index contributed by atoms with van der Waals surface area (Å²) >= 11 is 0. The Balaban J connectivity index is 1.68. The van der Waals surface area contributed by atoms with E-state index in [0.29, 0.717) is 23.4 Å². The topological polar surface area (TPSA) is 51.8 Å². The Morgan fingerprint density at radius 2 is 1.61 bits per heavy atom. The Kier molecular flexibility index (Phi) is 5.95. The molecule has 0 saturated heterocycles. The summed E-state index contributed by atoms with van der Waals surface area (Å²) in [6.45, 7) is 8.03. The Bertz CT molecular complexity index is 1140. The number of benzene rings is 2. The molecular weight excluding hydrogens is 405 g/mol. The Labute approximate surface area is 178 Å². The molecule has 4 aromatic rings. The van der Waals surface area contributed by atoms with Crippen LogP contribution in [-0.2, 0) is 19.3 Å². The predicted octanol–water partition coefficient (Wildman–Crippen LogP) is 4.58. The van der Waals surface area contributed by atoms with Crippen LogP contribution in [0.15, 0.2) is 42.5 Å². The van der Waals surface area contributed by atoms with Crippen LogP contribution < -0.4 is 0 Å². The van der Waals surface area contributed by atoms with Gasteiger partial charge in [0, 0.05) is 6.54 Å². The summed E-state index contributed by atoms with van der Waals surface area (Å²) < 4.78 is 41.6. The zero-order chi connectivity index (χ0) is 22.0. The van der Waals surface area contributed by atoms with E-state index < -0.39 is 11.7 Å². The molecule has 2 aromatic carbocycles. The normalized spacial score (nSPS) is 12.5. The minimum atomic E-state index is -4.40. The molecule has 2 aromatic heterocycles. The van der Waals surface area contributed by atoms with Gasteiger partial charge in [0.1, 0.15) is 23.4 Å². The molecule has 9 heteroatoms. The van der Waals surface area contributed by atoms with E-state index in [9.17, 15) is 13.2 Å². The molecule has 31 heavy (non-hydrogen) atoms. The van der Waals surface area contributed by atoms with Crippen LogP contribution in [0.1, 0.15) is 31.7 Å². The Morgan fingerprint density at radius 1 is 0.935 bits per heavy atom. The summed E-state index contributed by atoms with van der Waals surface area (Å²) in [7, 11) is 0. The molecule has 2 heterocycles. The SMILES string of the molecule is CCN(CC)CCCn1c(Cn2nc3ccccc3n2)nc2cc(C(F)(F)F)ccc21. The highest BCUT2D eigenvalue weighted by atomic mass is 19.4. The van der Waals surface area contributed by atoms with E-state index in [4.69, 9.17) is 0 Å². The lowest BCUT2D eigenvalue weighted by Gasteiger charge is -2.18. The molecule has 0 atom stereocenters. The summed E-state index contributed by atoms with van der Waals surface area (Å²) in [6.07, 6.45) is -3.53. The molecule has 0 radical (unpaired) electrons. The maximum atomic E-state index is 13.2. The second-order valence-electron chi connectivity index (χ2n) is 7.48. The van der Waals surface area contributed by atoms with Crippen LogP contribution in [0.5, 0.6) is 0 Å². The summed E-state index contributed by atoms with van der Waals surface area (Å²) in [5.41, 5.74) is 1.88. The Hall–Kier alpha value is -2.94. The van der Waals surface area contributed by atoms with Crippen molar-refractivity contribution in [1.82, 2.24) is 29.4 Å². The van der Waals surface area contributed by atoms with Crippen molar-refractivity contribution in [3.63, 3.8) is 0 Å². The molecule has 0 aliphatic rings. The highest BCUT2D eigenvalue weighted by Gasteiger charge is 2.31. The monoisotopic (exact) mass is 430 g/mol. The van der Waals surface area contributed by atoms with Gasteiger partial charge in [-0.25, -0.2) is 4.98 Å². The molecule has 0 fully saturated rings. The zero-order valence-electron chi connectivity index (χ0n) is 17.6. The van der Waals surface area contributed by atoms with Gasteiger partial charge in [-0.15, -0.1) is 0 Å². The van der Waals surface area contributed by atoms with Crippen molar-refractivity contribution in [2.75, 3.05) is 19.6 Å². The summed E-state index contributed by atoms with van der Waals surface area (Å²) in [6, 6.07) is 11.3. The second-order valence-corrected chi connectivity index (χ2v) is 7.48. The van der Waals surface area contributed by atoms with E-state index in [-0.39, 0.29) is 6.54 Å². The number of aromatic nitrogens is 5. The van der Waals surface area contributed by atoms with E-state index in [1.807, 2.05) is 28.8 Å². The van der Waals surface area contributed by atoms with Crippen molar-refractivity contribution in [3.8, 4) is 0 Å². The maximum absolute atomic E-state index is 13.2. The van der Waals surface area contributed by atoms with Gasteiger partial charge in [-0.2, -0.15) is 28.2 Å². The van der Waals surface area contributed by atoms with Crippen LogP contribution >= 0.6 is 0 Å². The fraction of sp³-hybridized carbons (Fsp3) is 0.409. The smallest absolute Gasteiger partial charge is 0.326 e. The quantitative estimate of drug-likeness (QED) is 0.411. The number of hydrogen-bond donors (Lipinski definition) is 0. The lowest BCUT2D eigenvalue weighted by molar-refractivity contribution is -0.137. The number of rotatable bonds is 8. The number of hydrogen-bond acceptors (Lipinski definition) is 4. The van der Waals surface area contributed by atoms with Gasteiger partial charge in [0.2, 0.25) is 0 Å². The van der Waals surface area contributed by atoms with Gasteiger partial charge in [-0.1, -0.05) is 26.0 Å². The van der Waals surface area contributed by atoms with E-state index >= 15 is 0 Å². The van der Waals surface area contributed by atoms with E-state index in [1.165, 1.54) is 6.07 Å². The molecule has 0 unspecified atom stereocenters. The molecule has 164 valence electrons. The molecule has 0 N–H and O–H groups in total. The summed E-state index contributed by atoms with van der Waals surface area (Å²) in [5.74, 6) is 0.647. The molecule has 0 aliphatic heterocycles. The molecule has 0 saturated carbocycles. The van der Waals surface area contributed by atoms with Crippen LogP contribution in [-0.4, -0.2) is 49.1 Å². The average Bonchev–Trinajstić information content (AvgIpc) is 3.30. The maximum Gasteiger partial charge on any atom is 0.416 e. The Morgan fingerprint density at radius 3 is 2.23 bits per heavy atom. The highest BCUT2D eigenvalue weighted by Crippen LogP contribution is 2.31. The third kappa shape index (κ3) is 4.56. The third-order valence-corrected chi connectivity index (χ3v) is 5.52.